The number of hydrogen-bond acceptors (Lipinski definition) is 5. The maximum atomic E-state index is 12.2. The molecule has 0 fully saturated rings. The fourth-order valence-electron chi connectivity index (χ4n) is 2.61. The van der Waals surface area contributed by atoms with Gasteiger partial charge in [-0.2, -0.15) is 0 Å². The number of carbonyl (C=O) groups excluding carboxylic acids is 1. The van der Waals surface area contributed by atoms with Crippen molar-refractivity contribution in [2.45, 2.75) is 9.79 Å². The minimum Gasteiger partial charge on any atom is -0.397 e. The van der Waals surface area contributed by atoms with Crippen LogP contribution >= 0.6 is 11.8 Å². The van der Waals surface area contributed by atoms with E-state index < -0.39 is 0 Å². The van der Waals surface area contributed by atoms with Crippen molar-refractivity contribution in [3.05, 3.63) is 78.4 Å². The molecule has 0 saturated carbocycles. The van der Waals surface area contributed by atoms with Crippen LogP contribution in [0.1, 0.15) is 10.4 Å². The van der Waals surface area contributed by atoms with Gasteiger partial charge in [-0.3, -0.25) is 4.79 Å². The molecular weight excluding hydrogens is 370 g/mol. The molecule has 3 aromatic carbocycles. The van der Waals surface area contributed by atoms with Crippen LogP contribution in [0.3, 0.4) is 0 Å². The number of ether oxygens (including phenoxy) is 1. The fourth-order valence-corrected chi connectivity index (χ4v) is 3.53. The lowest BCUT2D eigenvalue weighted by Crippen LogP contribution is -2.27. The van der Waals surface area contributed by atoms with Crippen LogP contribution in [0.25, 0.3) is 0 Å². The number of nitrogens with one attached hydrogen (secondary N) is 2. The Kier molecular flexibility index (Phi) is 6.94. The molecule has 1 amide bonds. The van der Waals surface area contributed by atoms with E-state index in [-0.39, 0.29) is 5.91 Å². The Hall–Kier alpha value is -2.96. The van der Waals surface area contributed by atoms with Gasteiger partial charge in [-0.25, -0.2) is 0 Å². The van der Waals surface area contributed by atoms with Gasteiger partial charge in [0.05, 0.1) is 23.7 Å². The Morgan fingerprint density at radius 2 is 1.75 bits per heavy atom. The van der Waals surface area contributed by atoms with Gasteiger partial charge >= 0.3 is 0 Å². The van der Waals surface area contributed by atoms with Gasteiger partial charge in [-0.15, -0.1) is 0 Å². The molecule has 0 aliphatic carbocycles. The molecule has 0 aromatic heterocycles. The van der Waals surface area contributed by atoms with Crippen LogP contribution in [0, 0.1) is 0 Å². The van der Waals surface area contributed by atoms with Crippen LogP contribution in [0.4, 0.5) is 17.1 Å². The van der Waals surface area contributed by atoms with E-state index in [0.29, 0.717) is 24.4 Å². The molecule has 3 rings (SSSR count). The standard InChI is InChI=1S/C22H23N3O2S/c1-27-14-13-24-22(26)16-11-12-19(18(23)15-16)25-20-9-5-6-10-21(20)28-17-7-3-2-4-8-17/h2-12,15,25H,13-14,23H2,1H3,(H,24,26). The second-order valence-electron chi connectivity index (χ2n) is 6.09. The van der Waals surface area contributed by atoms with Crippen LogP contribution in [0.5, 0.6) is 0 Å². The molecule has 0 radical (unpaired) electrons. The molecule has 4 N–H and O–H groups in total. The van der Waals surface area contributed by atoms with Gasteiger partial charge < -0.3 is 21.1 Å². The summed E-state index contributed by atoms with van der Waals surface area (Å²) >= 11 is 1.68. The van der Waals surface area contributed by atoms with Crippen LogP contribution < -0.4 is 16.4 Å². The summed E-state index contributed by atoms with van der Waals surface area (Å²) in [6, 6.07) is 23.5. The first-order valence-electron chi connectivity index (χ1n) is 8.93. The molecule has 6 heteroatoms. The monoisotopic (exact) mass is 393 g/mol. The van der Waals surface area contributed by atoms with E-state index in [9.17, 15) is 4.79 Å². The Morgan fingerprint density at radius 1 is 1.00 bits per heavy atom. The van der Waals surface area contributed by atoms with E-state index in [2.05, 4.69) is 28.8 Å². The summed E-state index contributed by atoms with van der Waals surface area (Å²) in [4.78, 5) is 14.4. The topological polar surface area (TPSA) is 76.4 Å². The highest BCUT2D eigenvalue weighted by molar-refractivity contribution is 7.99. The van der Waals surface area contributed by atoms with Crippen molar-refractivity contribution in [1.29, 1.82) is 0 Å². The van der Waals surface area contributed by atoms with Gasteiger partial charge in [0.1, 0.15) is 0 Å². The largest absolute Gasteiger partial charge is 0.397 e. The van der Waals surface area contributed by atoms with E-state index >= 15 is 0 Å². The van der Waals surface area contributed by atoms with Gasteiger partial charge in [-0.1, -0.05) is 42.1 Å². The second kappa shape index (κ2) is 9.82. The number of para-hydroxylation sites is 1. The molecule has 5 nitrogen and oxygen atoms in total. The van der Waals surface area contributed by atoms with Gasteiger partial charge in [-0.05, 0) is 42.5 Å². The molecule has 0 spiro atoms. The zero-order valence-corrected chi connectivity index (χ0v) is 16.5. The zero-order chi connectivity index (χ0) is 19.8. The van der Waals surface area contributed by atoms with E-state index in [1.54, 1.807) is 31.0 Å². The van der Waals surface area contributed by atoms with Crippen molar-refractivity contribution in [2.24, 2.45) is 0 Å². The molecule has 0 aliphatic rings. The van der Waals surface area contributed by atoms with Crippen LogP contribution in [0.15, 0.2) is 82.6 Å². The molecule has 0 heterocycles. The van der Waals surface area contributed by atoms with E-state index in [0.717, 1.165) is 21.2 Å². The van der Waals surface area contributed by atoms with E-state index in [4.69, 9.17) is 10.5 Å². The third kappa shape index (κ3) is 5.28. The lowest BCUT2D eigenvalue weighted by atomic mass is 10.1. The van der Waals surface area contributed by atoms with Gasteiger partial charge in [0, 0.05) is 29.0 Å². The minimum absolute atomic E-state index is 0.171. The third-order valence-corrected chi connectivity index (χ3v) is 5.12. The number of nitrogen functional groups attached to an aromatic ring is 1. The summed E-state index contributed by atoms with van der Waals surface area (Å²) in [7, 11) is 1.60. The number of hydrogen-bond donors (Lipinski definition) is 3. The number of anilines is 3. The predicted octanol–water partition coefficient (Wildman–Crippen LogP) is 4.54. The van der Waals surface area contributed by atoms with Crippen molar-refractivity contribution < 1.29 is 9.53 Å². The molecule has 3 aromatic rings. The summed E-state index contributed by atoms with van der Waals surface area (Å²) in [6.07, 6.45) is 0. The highest BCUT2D eigenvalue weighted by atomic mass is 32.2. The predicted molar refractivity (Wildman–Crippen MR) is 115 cm³/mol. The van der Waals surface area contributed by atoms with Crippen LogP contribution in [-0.2, 0) is 4.74 Å². The number of benzene rings is 3. The first-order chi connectivity index (χ1) is 13.7. The Morgan fingerprint density at radius 3 is 2.50 bits per heavy atom. The number of methoxy groups -OCH3 is 1. The molecule has 0 atom stereocenters. The number of amides is 1. The quantitative estimate of drug-likeness (QED) is 0.387. The summed E-state index contributed by atoms with van der Waals surface area (Å²) in [5.41, 5.74) is 8.94. The van der Waals surface area contributed by atoms with Crippen LogP contribution in [0.2, 0.25) is 0 Å². The molecule has 0 bridgehead atoms. The minimum atomic E-state index is -0.171. The summed E-state index contributed by atoms with van der Waals surface area (Å²) in [5, 5.41) is 6.17. The molecule has 0 saturated heterocycles. The lowest BCUT2D eigenvalue weighted by molar-refractivity contribution is 0.0937. The Balaban J connectivity index is 1.74. The second-order valence-corrected chi connectivity index (χ2v) is 7.20. The average molecular weight is 394 g/mol. The van der Waals surface area contributed by atoms with E-state index in [1.165, 1.54) is 0 Å². The van der Waals surface area contributed by atoms with Crippen molar-refractivity contribution in [3.63, 3.8) is 0 Å². The van der Waals surface area contributed by atoms with Gasteiger partial charge in [0.2, 0.25) is 0 Å². The normalized spacial score (nSPS) is 10.5. The zero-order valence-electron chi connectivity index (χ0n) is 15.6. The SMILES string of the molecule is COCCNC(=O)c1ccc(Nc2ccccc2Sc2ccccc2)c(N)c1. The summed E-state index contributed by atoms with van der Waals surface area (Å²) < 4.78 is 4.94. The first-order valence-corrected chi connectivity index (χ1v) is 9.74. The van der Waals surface area contributed by atoms with Crippen molar-refractivity contribution >= 4 is 34.7 Å². The molecular formula is C22H23N3O2S. The molecule has 0 aliphatic heterocycles. The number of carbonyl (C=O) groups is 1. The Bertz CT molecular complexity index is 932. The maximum Gasteiger partial charge on any atom is 0.251 e. The number of nitrogens with two attached hydrogens (primary N) is 1. The smallest absolute Gasteiger partial charge is 0.251 e. The van der Waals surface area contributed by atoms with Gasteiger partial charge in [0.25, 0.3) is 5.91 Å². The Labute approximate surface area is 169 Å². The van der Waals surface area contributed by atoms with Crippen molar-refractivity contribution in [2.75, 3.05) is 31.3 Å². The fraction of sp³-hybridized carbons (Fsp3) is 0.136. The van der Waals surface area contributed by atoms with E-state index in [1.807, 2.05) is 42.5 Å². The summed E-state index contributed by atoms with van der Waals surface area (Å²) in [6.45, 7) is 0.927. The van der Waals surface area contributed by atoms with Crippen molar-refractivity contribution in [1.82, 2.24) is 5.32 Å². The van der Waals surface area contributed by atoms with Gasteiger partial charge in [0.15, 0.2) is 0 Å². The first kappa shape index (κ1) is 19.8. The molecule has 144 valence electrons. The van der Waals surface area contributed by atoms with Crippen LogP contribution in [-0.4, -0.2) is 26.2 Å². The molecule has 28 heavy (non-hydrogen) atoms. The molecule has 0 unspecified atom stereocenters. The maximum absolute atomic E-state index is 12.2. The van der Waals surface area contributed by atoms with Crippen molar-refractivity contribution in [3.8, 4) is 0 Å². The average Bonchev–Trinajstić information content (AvgIpc) is 2.72. The third-order valence-electron chi connectivity index (χ3n) is 4.03. The highest BCUT2D eigenvalue weighted by Gasteiger charge is 2.10. The highest BCUT2D eigenvalue weighted by Crippen LogP contribution is 2.35. The summed E-state index contributed by atoms with van der Waals surface area (Å²) in [5.74, 6) is -0.171. The lowest BCUT2D eigenvalue weighted by Gasteiger charge is -2.14. The number of rotatable bonds is 8.